The number of aryl methyl sites for hydroxylation is 1. The van der Waals surface area contributed by atoms with Crippen LogP contribution in [0.3, 0.4) is 0 Å². The summed E-state index contributed by atoms with van der Waals surface area (Å²) in [5.74, 6) is 0.449. The normalized spacial score (nSPS) is 16.6. The van der Waals surface area contributed by atoms with Crippen LogP contribution in [0, 0.1) is 12.7 Å². The number of thioether (sulfide) groups is 1. The zero-order valence-electron chi connectivity index (χ0n) is 14.5. The lowest BCUT2D eigenvalue weighted by molar-refractivity contribution is -0.115. The summed E-state index contributed by atoms with van der Waals surface area (Å²) in [5, 5.41) is 11.8. The van der Waals surface area contributed by atoms with Crippen molar-refractivity contribution in [2.45, 2.75) is 62.4 Å². The molecule has 0 saturated heterocycles. The number of carbonyl (C=O) groups excluding carboxylic acids is 1. The van der Waals surface area contributed by atoms with E-state index in [4.69, 9.17) is 0 Å². The molecule has 1 saturated carbocycles. The predicted molar refractivity (Wildman–Crippen MR) is 97.2 cm³/mol. The second-order valence-corrected chi connectivity index (χ2v) is 7.76. The maximum Gasteiger partial charge on any atom is 0.237 e. The van der Waals surface area contributed by atoms with Crippen molar-refractivity contribution in [1.29, 1.82) is 0 Å². The Morgan fingerprint density at radius 1 is 1.24 bits per heavy atom. The molecule has 1 N–H and O–H groups in total. The van der Waals surface area contributed by atoms with Crippen molar-refractivity contribution in [3.63, 3.8) is 0 Å². The molecule has 1 atom stereocenters. The summed E-state index contributed by atoms with van der Waals surface area (Å²) < 4.78 is 15.1. The number of hydrogen-bond acceptors (Lipinski definition) is 4. The number of carbonyl (C=O) groups is 1. The maximum absolute atomic E-state index is 13.0. The van der Waals surface area contributed by atoms with Crippen LogP contribution in [-0.2, 0) is 4.79 Å². The van der Waals surface area contributed by atoms with Gasteiger partial charge in [0.05, 0.1) is 5.25 Å². The van der Waals surface area contributed by atoms with Gasteiger partial charge in [-0.25, -0.2) is 4.39 Å². The van der Waals surface area contributed by atoms with Crippen LogP contribution >= 0.6 is 11.8 Å². The molecule has 0 unspecified atom stereocenters. The molecule has 1 heterocycles. The lowest BCUT2D eigenvalue weighted by Gasteiger charge is -2.25. The molecule has 1 aromatic heterocycles. The Kier molecular flexibility index (Phi) is 5.73. The summed E-state index contributed by atoms with van der Waals surface area (Å²) in [7, 11) is 0. The van der Waals surface area contributed by atoms with Crippen LogP contribution in [0.1, 0.15) is 50.9 Å². The maximum atomic E-state index is 13.0. The molecular weight excluding hydrogens is 339 g/mol. The Hall–Kier alpha value is -1.89. The van der Waals surface area contributed by atoms with Crippen LogP contribution in [0.25, 0.3) is 0 Å². The molecule has 1 aromatic carbocycles. The number of nitrogens with one attached hydrogen (secondary N) is 1. The van der Waals surface area contributed by atoms with Gasteiger partial charge in [0.1, 0.15) is 11.6 Å². The summed E-state index contributed by atoms with van der Waals surface area (Å²) in [6, 6.07) is 6.20. The van der Waals surface area contributed by atoms with Crippen molar-refractivity contribution in [2.24, 2.45) is 0 Å². The summed E-state index contributed by atoms with van der Waals surface area (Å²) in [5.41, 5.74) is 0.587. The summed E-state index contributed by atoms with van der Waals surface area (Å²) >= 11 is 1.42. The average Bonchev–Trinajstić information content (AvgIpc) is 2.98. The highest BCUT2D eigenvalue weighted by Gasteiger charge is 2.24. The minimum absolute atomic E-state index is 0.132. The molecule has 0 bridgehead atoms. The van der Waals surface area contributed by atoms with E-state index in [0.717, 1.165) is 23.8 Å². The molecule has 5 nitrogen and oxygen atoms in total. The van der Waals surface area contributed by atoms with Gasteiger partial charge in [-0.1, -0.05) is 31.0 Å². The molecule has 0 radical (unpaired) electrons. The van der Waals surface area contributed by atoms with E-state index in [1.165, 1.54) is 43.2 Å². The second kappa shape index (κ2) is 7.99. The van der Waals surface area contributed by atoms with E-state index in [2.05, 4.69) is 20.1 Å². The second-order valence-electron chi connectivity index (χ2n) is 6.45. The molecule has 1 aliphatic rings. The van der Waals surface area contributed by atoms with E-state index < -0.39 is 0 Å². The standard InChI is InChI=1S/C18H23FN4OS/c1-12(17(24)20-15-10-8-14(19)9-11-15)25-18-22-21-13(2)23(18)16-6-4-3-5-7-16/h8-12,16H,3-7H2,1-2H3,(H,20,24)/t12-/m0/s1. The van der Waals surface area contributed by atoms with Gasteiger partial charge in [-0.3, -0.25) is 4.79 Å². The number of anilines is 1. The van der Waals surface area contributed by atoms with Crippen molar-refractivity contribution >= 4 is 23.4 Å². The summed E-state index contributed by atoms with van der Waals surface area (Å²) in [4.78, 5) is 12.4. The zero-order valence-corrected chi connectivity index (χ0v) is 15.4. The summed E-state index contributed by atoms with van der Waals surface area (Å²) in [6.07, 6.45) is 6.03. The van der Waals surface area contributed by atoms with Gasteiger partial charge in [-0.2, -0.15) is 0 Å². The van der Waals surface area contributed by atoms with Crippen molar-refractivity contribution in [3.05, 3.63) is 35.9 Å². The summed E-state index contributed by atoms with van der Waals surface area (Å²) in [6.45, 7) is 3.81. The molecule has 2 aromatic rings. The third-order valence-corrected chi connectivity index (χ3v) is 5.59. The van der Waals surface area contributed by atoms with Gasteiger partial charge < -0.3 is 9.88 Å². The first-order chi connectivity index (χ1) is 12.0. The molecule has 1 fully saturated rings. The molecule has 0 spiro atoms. The van der Waals surface area contributed by atoms with Crippen LogP contribution in [0.15, 0.2) is 29.4 Å². The Morgan fingerprint density at radius 2 is 1.92 bits per heavy atom. The average molecular weight is 362 g/mol. The topological polar surface area (TPSA) is 59.8 Å². The minimum Gasteiger partial charge on any atom is -0.325 e. The van der Waals surface area contributed by atoms with Crippen LogP contribution in [0.5, 0.6) is 0 Å². The molecule has 7 heteroatoms. The van der Waals surface area contributed by atoms with Crippen molar-refractivity contribution in [1.82, 2.24) is 14.8 Å². The predicted octanol–water partition coefficient (Wildman–Crippen LogP) is 4.35. The van der Waals surface area contributed by atoms with E-state index in [1.54, 1.807) is 12.1 Å². The molecule has 1 aliphatic carbocycles. The van der Waals surface area contributed by atoms with E-state index in [9.17, 15) is 9.18 Å². The molecule has 3 rings (SSSR count). The molecule has 0 aliphatic heterocycles. The van der Waals surface area contributed by atoms with Gasteiger partial charge in [0.15, 0.2) is 5.16 Å². The van der Waals surface area contributed by atoms with E-state index in [1.807, 2.05) is 13.8 Å². The van der Waals surface area contributed by atoms with Gasteiger partial charge in [0, 0.05) is 11.7 Å². The van der Waals surface area contributed by atoms with Crippen LogP contribution < -0.4 is 5.32 Å². The largest absolute Gasteiger partial charge is 0.325 e. The molecule has 25 heavy (non-hydrogen) atoms. The Balaban J connectivity index is 1.67. The number of nitrogens with zero attached hydrogens (tertiary/aromatic N) is 3. The van der Waals surface area contributed by atoms with Gasteiger partial charge in [0.2, 0.25) is 5.91 Å². The van der Waals surface area contributed by atoms with E-state index >= 15 is 0 Å². The Labute approximate surface area is 151 Å². The number of amides is 1. The Bertz CT molecular complexity index is 725. The quantitative estimate of drug-likeness (QED) is 0.803. The number of rotatable bonds is 5. The smallest absolute Gasteiger partial charge is 0.237 e. The van der Waals surface area contributed by atoms with Crippen molar-refractivity contribution < 1.29 is 9.18 Å². The van der Waals surface area contributed by atoms with Gasteiger partial charge in [-0.15, -0.1) is 10.2 Å². The number of halogens is 1. The Morgan fingerprint density at radius 3 is 2.60 bits per heavy atom. The van der Waals surface area contributed by atoms with Gasteiger partial charge in [0.25, 0.3) is 0 Å². The minimum atomic E-state index is -0.323. The number of benzene rings is 1. The van der Waals surface area contributed by atoms with Crippen LogP contribution in [0.4, 0.5) is 10.1 Å². The zero-order chi connectivity index (χ0) is 17.8. The first kappa shape index (κ1) is 17.9. The molecule has 134 valence electrons. The number of hydrogen-bond donors (Lipinski definition) is 1. The lowest BCUT2D eigenvalue weighted by atomic mass is 9.95. The van der Waals surface area contributed by atoms with Crippen LogP contribution in [-0.4, -0.2) is 25.9 Å². The fourth-order valence-electron chi connectivity index (χ4n) is 3.18. The highest BCUT2D eigenvalue weighted by atomic mass is 32.2. The van der Waals surface area contributed by atoms with E-state index in [-0.39, 0.29) is 17.0 Å². The third kappa shape index (κ3) is 4.39. The lowest BCUT2D eigenvalue weighted by Crippen LogP contribution is -2.23. The molecular formula is C18H23FN4OS. The van der Waals surface area contributed by atoms with Crippen molar-refractivity contribution in [2.75, 3.05) is 5.32 Å². The third-order valence-electron chi connectivity index (χ3n) is 4.54. The number of aromatic nitrogens is 3. The fraction of sp³-hybridized carbons (Fsp3) is 0.500. The first-order valence-electron chi connectivity index (χ1n) is 8.69. The van der Waals surface area contributed by atoms with Gasteiger partial charge in [-0.05, 0) is 51.0 Å². The van der Waals surface area contributed by atoms with E-state index in [0.29, 0.717) is 11.7 Å². The van der Waals surface area contributed by atoms with Crippen LogP contribution in [0.2, 0.25) is 0 Å². The highest BCUT2D eigenvalue weighted by Crippen LogP contribution is 2.33. The van der Waals surface area contributed by atoms with Gasteiger partial charge >= 0.3 is 0 Å². The fourth-order valence-corrected chi connectivity index (χ4v) is 4.14. The highest BCUT2D eigenvalue weighted by molar-refractivity contribution is 8.00. The van der Waals surface area contributed by atoms with Crippen molar-refractivity contribution in [3.8, 4) is 0 Å². The SMILES string of the molecule is Cc1nnc(S[C@@H](C)C(=O)Nc2ccc(F)cc2)n1C1CCCCC1. The molecule has 1 amide bonds. The first-order valence-corrected chi connectivity index (χ1v) is 9.57. The monoisotopic (exact) mass is 362 g/mol.